The van der Waals surface area contributed by atoms with E-state index in [9.17, 15) is 4.79 Å². The zero-order valence-corrected chi connectivity index (χ0v) is 11.1. The highest BCUT2D eigenvalue weighted by atomic mass is 35.5. The van der Waals surface area contributed by atoms with Crippen LogP contribution in [0.15, 0.2) is 12.1 Å². The predicted octanol–water partition coefficient (Wildman–Crippen LogP) is 3.73. The van der Waals surface area contributed by atoms with E-state index in [0.29, 0.717) is 35.3 Å². The van der Waals surface area contributed by atoms with E-state index in [1.54, 1.807) is 12.1 Å². The molecule has 0 saturated carbocycles. The van der Waals surface area contributed by atoms with E-state index >= 15 is 0 Å². The summed E-state index contributed by atoms with van der Waals surface area (Å²) >= 11 is 6.09. The molecule has 0 saturated heterocycles. The second-order valence-corrected chi connectivity index (χ2v) is 4.03. The predicted molar refractivity (Wildman–Crippen MR) is 68.4 cm³/mol. The van der Waals surface area contributed by atoms with Gasteiger partial charge in [0.2, 0.25) is 0 Å². The molecule has 3 nitrogen and oxygen atoms in total. The van der Waals surface area contributed by atoms with Crippen molar-refractivity contribution >= 4 is 17.4 Å². The van der Waals surface area contributed by atoms with Crippen LogP contribution in [-0.4, -0.2) is 19.0 Å². The molecule has 4 heteroatoms. The SMILES string of the molecule is CCCOc1c(Cl)cc(C(C)=O)cc1OCC. The van der Waals surface area contributed by atoms with Crippen LogP contribution >= 0.6 is 11.6 Å². The molecule has 0 radical (unpaired) electrons. The van der Waals surface area contributed by atoms with Crippen molar-refractivity contribution in [3.05, 3.63) is 22.7 Å². The van der Waals surface area contributed by atoms with E-state index in [0.717, 1.165) is 6.42 Å². The molecule has 0 N–H and O–H groups in total. The highest BCUT2D eigenvalue weighted by Crippen LogP contribution is 2.36. The molecule has 0 amide bonds. The Balaban J connectivity index is 3.12. The van der Waals surface area contributed by atoms with Crippen molar-refractivity contribution in [1.82, 2.24) is 0 Å². The van der Waals surface area contributed by atoms with Gasteiger partial charge in [0, 0.05) is 5.56 Å². The Bertz CT molecular complexity index is 402. The first kappa shape index (κ1) is 13.8. The third-order valence-corrected chi connectivity index (χ3v) is 2.45. The summed E-state index contributed by atoms with van der Waals surface area (Å²) in [7, 11) is 0. The Labute approximate surface area is 107 Å². The van der Waals surface area contributed by atoms with Crippen molar-refractivity contribution in [1.29, 1.82) is 0 Å². The number of hydrogen-bond donors (Lipinski definition) is 0. The molecule has 1 aromatic carbocycles. The van der Waals surface area contributed by atoms with Gasteiger partial charge >= 0.3 is 0 Å². The van der Waals surface area contributed by atoms with Crippen LogP contribution in [0, 0.1) is 0 Å². The van der Waals surface area contributed by atoms with E-state index < -0.39 is 0 Å². The molecule has 0 aliphatic carbocycles. The number of rotatable bonds is 6. The highest BCUT2D eigenvalue weighted by Gasteiger charge is 2.14. The summed E-state index contributed by atoms with van der Waals surface area (Å²) < 4.78 is 11.0. The van der Waals surface area contributed by atoms with Gasteiger partial charge in [-0.1, -0.05) is 18.5 Å². The van der Waals surface area contributed by atoms with E-state index in [1.807, 2.05) is 13.8 Å². The zero-order chi connectivity index (χ0) is 12.8. The highest BCUT2D eigenvalue weighted by molar-refractivity contribution is 6.32. The van der Waals surface area contributed by atoms with E-state index in [2.05, 4.69) is 0 Å². The van der Waals surface area contributed by atoms with E-state index in [-0.39, 0.29) is 5.78 Å². The van der Waals surface area contributed by atoms with Gasteiger partial charge in [-0.05, 0) is 32.4 Å². The molecule has 1 aromatic rings. The largest absolute Gasteiger partial charge is 0.490 e. The summed E-state index contributed by atoms with van der Waals surface area (Å²) in [6, 6.07) is 3.28. The lowest BCUT2D eigenvalue weighted by molar-refractivity contribution is 0.101. The summed E-state index contributed by atoms with van der Waals surface area (Å²) in [6.45, 7) is 6.45. The van der Waals surface area contributed by atoms with Crippen LogP contribution in [0.1, 0.15) is 37.6 Å². The molecule has 0 aliphatic heterocycles. The van der Waals surface area contributed by atoms with Gasteiger partial charge in [-0.2, -0.15) is 0 Å². The minimum absolute atomic E-state index is 0.0464. The van der Waals surface area contributed by atoms with Gasteiger partial charge < -0.3 is 9.47 Å². The molecular formula is C13H17ClO3. The molecule has 1 rings (SSSR count). The number of halogens is 1. The van der Waals surface area contributed by atoms with Crippen molar-refractivity contribution in [2.75, 3.05) is 13.2 Å². The first-order chi connectivity index (χ1) is 8.10. The Morgan fingerprint density at radius 2 is 2.00 bits per heavy atom. The molecular weight excluding hydrogens is 240 g/mol. The maximum Gasteiger partial charge on any atom is 0.179 e. The fourth-order valence-electron chi connectivity index (χ4n) is 1.38. The molecule has 0 atom stereocenters. The van der Waals surface area contributed by atoms with Gasteiger partial charge in [-0.25, -0.2) is 0 Å². The standard InChI is InChI=1S/C13H17ClO3/c1-4-6-17-13-11(14)7-10(9(3)15)8-12(13)16-5-2/h7-8H,4-6H2,1-3H3. The summed E-state index contributed by atoms with van der Waals surface area (Å²) in [5, 5.41) is 0.412. The quantitative estimate of drug-likeness (QED) is 0.728. The number of carbonyl (C=O) groups is 1. The van der Waals surface area contributed by atoms with E-state index in [4.69, 9.17) is 21.1 Å². The van der Waals surface area contributed by atoms with Gasteiger partial charge in [0.25, 0.3) is 0 Å². The topological polar surface area (TPSA) is 35.5 Å². The Hall–Kier alpha value is -1.22. The summed E-state index contributed by atoms with van der Waals surface area (Å²) in [6.07, 6.45) is 0.885. The van der Waals surface area contributed by atoms with Crippen LogP contribution in [0.5, 0.6) is 11.5 Å². The number of carbonyl (C=O) groups excluding carboxylic acids is 1. The second kappa shape index (κ2) is 6.50. The normalized spacial score (nSPS) is 10.1. The number of Topliss-reactive ketones (excluding diaryl/α,β-unsaturated/α-hetero) is 1. The molecule has 0 aliphatic rings. The molecule has 0 heterocycles. The van der Waals surface area contributed by atoms with Gasteiger partial charge in [0.1, 0.15) is 0 Å². The third-order valence-electron chi connectivity index (χ3n) is 2.17. The molecule has 0 spiro atoms. The fraction of sp³-hybridized carbons (Fsp3) is 0.462. The monoisotopic (exact) mass is 256 g/mol. The fourth-order valence-corrected chi connectivity index (χ4v) is 1.64. The first-order valence-electron chi connectivity index (χ1n) is 5.70. The lowest BCUT2D eigenvalue weighted by atomic mass is 10.1. The van der Waals surface area contributed by atoms with Crippen LogP contribution in [-0.2, 0) is 0 Å². The van der Waals surface area contributed by atoms with Crippen LogP contribution in [0.2, 0.25) is 5.02 Å². The Morgan fingerprint density at radius 3 is 2.53 bits per heavy atom. The first-order valence-corrected chi connectivity index (χ1v) is 6.08. The van der Waals surface area contributed by atoms with Crippen molar-refractivity contribution in [3.8, 4) is 11.5 Å². The minimum atomic E-state index is -0.0464. The molecule has 0 unspecified atom stereocenters. The molecule has 0 aromatic heterocycles. The Morgan fingerprint density at radius 1 is 1.29 bits per heavy atom. The summed E-state index contributed by atoms with van der Waals surface area (Å²) in [4.78, 5) is 11.3. The lowest BCUT2D eigenvalue weighted by Crippen LogP contribution is -2.03. The maximum atomic E-state index is 11.3. The lowest BCUT2D eigenvalue weighted by Gasteiger charge is -2.14. The number of hydrogen-bond acceptors (Lipinski definition) is 3. The van der Waals surface area contributed by atoms with E-state index in [1.165, 1.54) is 6.92 Å². The van der Waals surface area contributed by atoms with Gasteiger partial charge in [0.15, 0.2) is 17.3 Å². The van der Waals surface area contributed by atoms with Crippen molar-refractivity contribution in [3.63, 3.8) is 0 Å². The zero-order valence-electron chi connectivity index (χ0n) is 10.4. The van der Waals surface area contributed by atoms with Gasteiger partial charge in [0.05, 0.1) is 18.2 Å². The molecule has 17 heavy (non-hydrogen) atoms. The molecule has 0 bridgehead atoms. The number of ketones is 1. The average Bonchev–Trinajstić information content (AvgIpc) is 2.28. The van der Waals surface area contributed by atoms with Crippen molar-refractivity contribution in [2.24, 2.45) is 0 Å². The van der Waals surface area contributed by atoms with Crippen LogP contribution in [0.4, 0.5) is 0 Å². The van der Waals surface area contributed by atoms with Crippen LogP contribution in [0.3, 0.4) is 0 Å². The molecule has 94 valence electrons. The number of ether oxygens (including phenoxy) is 2. The Kier molecular flexibility index (Phi) is 5.29. The average molecular weight is 257 g/mol. The van der Waals surface area contributed by atoms with Gasteiger partial charge in [-0.3, -0.25) is 4.79 Å². The van der Waals surface area contributed by atoms with Crippen molar-refractivity contribution in [2.45, 2.75) is 27.2 Å². The second-order valence-electron chi connectivity index (χ2n) is 3.62. The summed E-state index contributed by atoms with van der Waals surface area (Å²) in [5.41, 5.74) is 0.530. The third kappa shape index (κ3) is 3.63. The smallest absolute Gasteiger partial charge is 0.179 e. The van der Waals surface area contributed by atoms with Crippen molar-refractivity contribution < 1.29 is 14.3 Å². The number of benzene rings is 1. The molecule has 0 fully saturated rings. The van der Waals surface area contributed by atoms with Crippen LogP contribution in [0.25, 0.3) is 0 Å². The minimum Gasteiger partial charge on any atom is -0.490 e. The van der Waals surface area contributed by atoms with Crippen LogP contribution < -0.4 is 9.47 Å². The van der Waals surface area contributed by atoms with Gasteiger partial charge in [-0.15, -0.1) is 0 Å². The summed E-state index contributed by atoms with van der Waals surface area (Å²) in [5.74, 6) is 0.994. The maximum absolute atomic E-state index is 11.3.